The maximum Gasteiger partial charge on any atom is 0.240 e. The van der Waals surface area contributed by atoms with Gasteiger partial charge in [0.15, 0.2) is 11.5 Å². The highest BCUT2D eigenvalue weighted by molar-refractivity contribution is 7.89. The summed E-state index contributed by atoms with van der Waals surface area (Å²) in [4.78, 5) is 0.170. The van der Waals surface area contributed by atoms with E-state index in [-0.39, 0.29) is 10.3 Å². The van der Waals surface area contributed by atoms with E-state index >= 15 is 0 Å². The van der Waals surface area contributed by atoms with E-state index in [2.05, 4.69) is 4.72 Å². The summed E-state index contributed by atoms with van der Waals surface area (Å²) in [6, 6.07) is 12.0. The normalized spacial score (nSPS) is 15.6. The predicted octanol–water partition coefficient (Wildman–Crippen LogP) is 3.37. The van der Waals surface area contributed by atoms with Crippen molar-refractivity contribution in [1.82, 2.24) is 4.72 Å². The first kappa shape index (κ1) is 18.0. The van der Waals surface area contributed by atoms with Crippen LogP contribution in [0.15, 0.2) is 47.4 Å². The lowest BCUT2D eigenvalue weighted by molar-refractivity contribution is 0.354. The first-order valence-electron chi connectivity index (χ1n) is 7.88. The summed E-state index contributed by atoms with van der Waals surface area (Å²) in [5.74, 6) is 1.30. The first-order chi connectivity index (χ1) is 11.9. The summed E-state index contributed by atoms with van der Waals surface area (Å²) >= 11 is 5.89. The SMILES string of the molecule is COc1ccc(C2(CNS(=O)(=O)c3cccc(Cl)c3)CC2)cc1OC. The van der Waals surface area contributed by atoms with Crippen LogP contribution in [0.4, 0.5) is 0 Å². The zero-order valence-corrected chi connectivity index (χ0v) is 15.7. The molecule has 0 amide bonds. The Morgan fingerprint density at radius 2 is 1.80 bits per heavy atom. The van der Waals surface area contributed by atoms with E-state index in [0.29, 0.717) is 23.1 Å². The van der Waals surface area contributed by atoms with Crippen LogP contribution in [0, 0.1) is 0 Å². The maximum absolute atomic E-state index is 12.5. The van der Waals surface area contributed by atoms with Crippen LogP contribution in [-0.2, 0) is 15.4 Å². The van der Waals surface area contributed by atoms with Gasteiger partial charge >= 0.3 is 0 Å². The van der Waals surface area contributed by atoms with Crippen LogP contribution in [0.5, 0.6) is 11.5 Å². The van der Waals surface area contributed by atoms with E-state index in [0.717, 1.165) is 18.4 Å². The minimum Gasteiger partial charge on any atom is -0.493 e. The molecule has 1 aliphatic carbocycles. The fourth-order valence-electron chi connectivity index (χ4n) is 2.84. The summed E-state index contributed by atoms with van der Waals surface area (Å²) in [6.07, 6.45) is 1.83. The summed E-state index contributed by atoms with van der Waals surface area (Å²) in [6.45, 7) is 0.331. The molecule has 25 heavy (non-hydrogen) atoms. The number of sulfonamides is 1. The second kappa shape index (κ2) is 6.86. The molecule has 3 rings (SSSR count). The summed E-state index contributed by atoms with van der Waals surface area (Å²) in [5.41, 5.74) is 0.838. The summed E-state index contributed by atoms with van der Waals surface area (Å²) < 4.78 is 38.3. The van der Waals surface area contributed by atoms with Gasteiger partial charge in [-0.3, -0.25) is 0 Å². The van der Waals surface area contributed by atoms with Gasteiger partial charge < -0.3 is 9.47 Å². The third-order valence-corrected chi connectivity index (χ3v) is 6.19. The second-order valence-electron chi connectivity index (χ2n) is 6.13. The molecule has 0 aromatic heterocycles. The van der Waals surface area contributed by atoms with Crippen molar-refractivity contribution in [3.05, 3.63) is 53.1 Å². The molecule has 2 aromatic carbocycles. The van der Waals surface area contributed by atoms with Gasteiger partial charge in [0, 0.05) is 17.0 Å². The van der Waals surface area contributed by atoms with Crippen LogP contribution >= 0.6 is 11.6 Å². The van der Waals surface area contributed by atoms with Crippen molar-refractivity contribution in [3.8, 4) is 11.5 Å². The van der Waals surface area contributed by atoms with Crippen molar-refractivity contribution in [1.29, 1.82) is 0 Å². The lowest BCUT2D eigenvalue weighted by atomic mass is 9.96. The molecule has 7 heteroatoms. The van der Waals surface area contributed by atoms with Crippen molar-refractivity contribution in [3.63, 3.8) is 0 Å². The molecular weight excluding hydrogens is 362 g/mol. The first-order valence-corrected chi connectivity index (χ1v) is 9.74. The molecule has 1 N–H and O–H groups in total. The van der Waals surface area contributed by atoms with E-state index in [9.17, 15) is 8.42 Å². The molecular formula is C18H20ClNO4S. The number of benzene rings is 2. The number of methoxy groups -OCH3 is 2. The number of hydrogen-bond donors (Lipinski definition) is 1. The molecule has 5 nitrogen and oxygen atoms in total. The fourth-order valence-corrected chi connectivity index (χ4v) is 4.26. The molecule has 2 aromatic rings. The Hall–Kier alpha value is -1.76. The average Bonchev–Trinajstić information content (AvgIpc) is 3.41. The van der Waals surface area contributed by atoms with Gasteiger partial charge in [0.2, 0.25) is 10.0 Å². The molecule has 0 spiro atoms. The maximum atomic E-state index is 12.5. The van der Waals surface area contributed by atoms with Crippen LogP contribution < -0.4 is 14.2 Å². The molecule has 0 unspecified atom stereocenters. The number of nitrogens with one attached hydrogen (secondary N) is 1. The number of ether oxygens (including phenoxy) is 2. The largest absolute Gasteiger partial charge is 0.493 e. The molecule has 0 atom stereocenters. The van der Waals surface area contributed by atoms with E-state index < -0.39 is 10.0 Å². The number of hydrogen-bond acceptors (Lipinski definition) is 4. The van der Waals surface area contributed by atoms with Crippen LogP contribution in [0.1, 0.15) is 18.4 Å². The van der Waals surface area contributed by atoms with Gasteiger partial charge in [-0.2, -0.15) is 0 Å². The third kappa shape index (κ3) is 3.76. The quantitative estimate of drug-likeness (QED) is 0.798. The van der Waals surface area contributed by atoms with Crippen molar-refractivity contribution in [2.75, 3.05) is 20.8 Å². The zero-order chi connectivity index (χ0) is 18.1. The van der Waals surface area contributed by atoms with Crippen LogP contribution in [0.3, 0.4) is 0 Å². The smallest absolute Gasteiger partial charge is 0.240 e. The van der Waals surface area contributed by atoms with E-state index in [1.54, 1.807) is 26.4 Å². The van der Waals surface area contributed by atoms with Crippen molar-refractivity contribution >= 4 is 21.6 Å². The molecule has 0 bridgehead atoms. The van der Waals surface area contributed by atoms with Crippen LogP contribution in [0.2, 0.25) is 5.02 Å². The molecule has 0 saturated heterocycles. The second-order valence-corrected chi connectivity index (χ2v) is 8.34. The van der Waals surface area contributed by atoms with E-state index in [1.165, 1.54) is 12.1 Å². The predicted molar refractivity (Wildman–Crippen MR) is 97.1 cm³/mol. The van der Waals surface area contributed by atoms with E-state index in [4.69, 9.17) is 21.1 Å². The minimum absolute atomic E-state index is 0.170. The highest BCUT2D eigenvalue weighted by atomic mass is 35.5. The average molecular weight is 382 g/mol. The highest BCUT2D eigenvalue weighted by Crippen LogP contribution is 2.49. The van der Waals surface area contributed by atoms with Gasteiger partial charge in [0.05, 0.1) is 19.1 Å². The monoisotopic (exact) mass is 381 g/mol. The molecule has 1 saturated carbocycles. The lowest BCUT2D eigenvalue weighted by Gasteiger charge is -2.18. The molecule has 0 heterocycles. The minimum atomic E-state index is -3.60. The number of rotatable bonds is 7. The van der Waals surface area contributed by atoms with Gasteiger partial charge in [-0.15, -0.1) is 0 Å². The van der Waals surface area contributed by atoms with Gasteiger partial charge in [0.25, 0.3) is 0 Å². The van der Waals surface area contributed by atoms with Crippen LogP contribution in [0.25, 0.3) is 0 Å². The molecule has 0 aliphatic heterocycles. The Kier molecular flexibility index (Phi) is 4.95. The van der Waals surface area contributed by atoms with E-state index in [1.807, 2.05) is 18.2 Å². The van der Waals surface area contributed by atoms with Crippen LogP contribution in [-0.4, -0.2) is 29.2 Å². The molecule has 134 valence electrons. The molecule has 0 radical (unpaired) electrons. The standard InChI is InChI=1S/C18H20ClNO4S/c1-23-16-7-6-13(10-17(16)24-2)18(8-9-18)12-20-25(21,22)15-5-3-4-14(19)11-15/h3-7,10-11,20H,8-9,12H2,1-2H3. The highest BCUT2D eigenvalue weighted by Gasteiger charge is 2.45. The Morgan fingerprint density at radius 3 is 2.40 bits per heavy atom. The van der Waals surface area contributed by atoms with Gasteiger partial charge in [-0.05, 0) is 48.7 Å². The van der Waals surface area contributed by atoms with Gasteiger partial charge in [-0.25, -0.2) is 13.1 Å². The molecule has 1 fully saturated rings. The summed E-state index contributed by atoms with van der Waals surface area (Å²) in [7, 11) is -0.430. The zero-order valence-electron chi connectivity index (χ0n) is 14.1. The number of halogens is 1. The third-order valence-electron chi connectivity index (χ3n) is 4.56. The fraction of sp³-hybridized carbons (Fsp3) is 0.333. The summed E-state index contributed by atoms with van der Waals surface area (Å²) in [5, 5.41) is 0.393. The van der Waals surface area contributed by atoms with Crippen molar-refractivity contribution in [2.45, 2.75) is 23.2 Å². The molecule has 1 aliphatic rings. The Labute approximate surface area is 153 Å². The van der Waals surface area contributed by atoms with Gasteiger partial charge in [-0.1, -0.05) is 23.7 Å². The Bertz CT molecular complexity index is 878. The van der Waals surface area contributed by atoms with Crippen molar-refractivity contribution in [2.24, 2.45) is 0 Å². The topological polar surface area (TPSA) is 64.6 Å². The Morgan fingerprint density at radius 1 is 1.08 bits per heavy atom. The van der Waals surface area contributed by atoms with Gasteiger partial charge in [0.1, 0.15) is 0 Å². The Balaban J connectivity index is 1.79. The lowest BCUT2D eigenvalue weighted by Crippen LogP contribution is -2.32. The van der Waals surface area contributed by atoms with Crippen molar-refractivity contribution < 1.29 is 17.9 Å².